The third kappa shape index (κ3) is 3.04. The second-order valence-corrected chi connectivity index (χ2v) is 3.73. The maximum Gasteiger partial charge on any atom is 0.243 e. The van der Waals surface area contributed by atoms with Crippen molar-refractivity contribution in [3.63, 3.8) is 0 Å². The van der Waals surface area contributed by atoms with Gasteiger partial charge in [-0.3, -0.25) is 0 Å². The van der Waals surface area contributed by atoms with Crippen molar-refractivity contribution in [1.29, 1.82) is 0 Å². The summed E-state index contributed by atoms with van der Waals surface area (Å²) in [6, 6.07) is 3.96. The van der Waals surface area contributed by atoms with Crippen molar-refractivity contribution in [2.24, 2.45) is 0 Å². The van der Waals surface area contributed by atoms with E-state index in [0.29, 0.717) is 25.7 Å². The molecule has 5 nitrogen and oxygen atoms in total. The van der Waals surface area contributed by atoms with E-state index in [9.17, 15) is 0 Å². The van der Waals surface area contributed by atoms with Gasteiger partial charge >= 0.3 is 0 Å². The molecule has 0 aliphatic heterocycles. The van der Waals surface area contributed by atoms with Gasteiger partial charge in [-0.2, -0.15) is 4.98 Å². The van der Waals surface area contributed by atoms with Gasteiger partial charge in [0.1, 0.15) is 0 Å². The summed E-state index contributed by atoms with van der Waals surface area (Å²) in [5.41, 5.74) is 1.99. The quantitative estimate of drug-likeness (QED) is 0.608. The van der Waals surface area contributed by atoms with Crippen molar-refractivity contribution in [2.45, 2.75) is 6.92 Å². The summed E-state index contributed by atoms with van der Waals surface area (Å²) >= 11 is 0. The van der Waals surface area contributed by atoms with Gasteiger partial charge in [0.2, 0.25) is 5.95 Å². The number of anilines is 1. The van der Waals surface area contributed by atoms with Gasteiger partial charge in [-0.25, -0.2) is 4.52 Å². The molecular formula is C12H16N4O. The van der Waals surface area contributed by atoms with Gasteiger partial charge in [-0.05, 0) is 18.6 Å². The molecule has 0 bridgehead atoms. The summed E-state index contributed by atoms with van der Waals surface area (Å²) in [4.78, 5) is 4.34. The van der Waals surface area contributed by atoms with Crippen molar-refractivity contribution >= 4 is 11.6 Å². The number of nitrogens with one attached hydrogen (secondary N) is 1. The number of nitrogens with zero attached hydrogens (tertiary/aromatic N) is 3. The predicted octanol–water partition coefficient (Wildman–Crippen LogP) is 1.65. The van der Waals surface area contributed by atoms with E-state index in [-0.39, 0.29) is 0 Å². The molecule has 2 aromatic rings. The van der Waals surface area contributed by atoms with E-state index in [1.165, 1.54) is 0 Å². The number of hydrogen-bond donors (Lipinski definition) is 1. The number of pyridine rings is 1. The van der Waals surface area contributed by atoms with Gasteiger partial charge in [0.15, 0.2) is 5.65 Å². The monoisotopic (exact) mass is 232 g/mol. The van der Waals surface area contributed by atoms with Crippen molar-refractivity contribution < 1.29 is 4.74 Å². The van der Waals surface area contributed by atoms with E-state index in [2.05, 4.69) is 22.0 Å². The van der Waals surface area contributed by atoms with Crippen LogP contribution in [-0.2, 0) is 4.74 Å². The average Bonchev–Trinajstić information content (AvgIpc) is 2.70. The van der Waals surface area contributed by atoms with E-state index in [1.54, 1.807) is 10.6 Å². The molecule has 0 fully saturated rings. The number of aromatic nitrogens is 3. The molecule has 5 heteroatoms. The molecule has 0 unspecified atom stereocenters. The lowest BCUT2D eigenvalue weighted by Crippen LogP contribution is -2.10. The van der Waals surface area contributed by atoms with Gasteiger partial charge in [0.25, 0.3) is 0 Å². The molecule has 2 aromatic heterocycles. The molecule has 17 heavy (non-hydrogen) atoms. The van der Waals surface area contributed by atoms with Crippen LogP contribution in [-0.4, -0.2) is 34.4 Å². The van der Waals surface area contributed by atoms with Crippen LogP contribution in [0.1, 0.15) is 5.56 Å². The molecule has 0 aliphatic rings. The van der Waals surface area contributed by atoms with Crippen LogP contribution in [0.15, 0.2) is 31.0 Å². The normalized spacial score (nSPS) is 10.6. The molecule has 0 aromatic carbocycles. The smallest absolute Gasteiger partial charge is 0.243 e. The standard InChI is InChI=1S/C12H16N4O/c1-3-7-17-8-6-13-12-14-11-5-4-10(2)9-16(11)15-12/h3-5,9H,1,6-8H2,2H3,(H,13,15). The topological polar surface area (TPSA) is 51.5 Å². The number of ether oxygens (including phenoxy) is 1. The lowest BCUT2D eigenvalue weighted by molar-refractivity contribution is 0.173. The third-order valence-electron chi connectivity index (χ3n) is 2.24. The highest BCUT2D eigenvalue weighted by Crippen LogP contribution is 2.06. The Morgan fingerprint density at radius 3 is 3.24 bits per heavy atom. The highest BCUT2D eigenvalue weighted by Gasteiger charge is 2.01. The molecule has 0 saturated heterocycles. The summed E-state index contributed by atoms with van der Waals surface area (Å²) in [7, 11) is 0. The number of hydrogen-bond acceptors (Lipinski definition) is 4. The van der Waals surface area contributed by atoms with Gasteiger partial charge in [0, 0.05) is 12.7 Å². The van der Waals surface area contributed by atoms with Gasteiger partial charge in [0.05, 0.1) is 13.2 Å². The van der Waals surface area contributed by atoms with Crippen molar-refractivity contribution in [1.82, 2.24) is 14.6 Å². The Morgan fingerprint density at radius 2 is 2.41 bits per heavy atom. The molecule has 2 rings (SSSR count). The SMILES string of the molecule is C=CCOCCNc1nc2ccc(C)cn2n1. The molecule has 90 valence electrons. The molecular weight excluding hydrogens is 216 g/mol. The lowest BCUT2D eigenvalue weighted by atomic mass is 10.3. The minimum Gasteiger partial charge on any atom is -0.376 e. The molecule has 0 saturated carbocycles. The van der Waals surface area contributed by atoms with Crippen LogP contribution in [0.3, 0.4) is 0 Å². The summed E-state index contributed by atoms with van der Waals surface area (Å²) in [6.45, 7) is 7.47. The fraction of sp³-hybridized carbons (Fsp3) is 0.333. The Labute approximate surface area is 100 Å². The predicted molar refractivity (Wildman–Crippen MR) is 67.2 cm³/mol. The van der Waals surface area contributed by atoms with Gasteiger partial charge < -0.3 is 10.1 Å². The summed E-state index contributed by atoms with van der Waals surface area (Å²) in [5, 5.41) is 7.42. The maximum atomic E-state index is 5.25. The summed E-state index contributed by atoms with van der Waals surface area (Å²) < 4.78 is 7.02. The molecule has 0 spiro atoms. The first-order valence-electron chi connectivity index (χ1n) is 5.55. The second-order valence-electron chi connectivity index (χ2n) is 3.73. The minimum atomic E-state index is 0.569. The van der Waals surface area contributed by atoms with Crippen molar-refractivity contribution in [3.05, 3.63) is 36.5 Å². The number of rotatable bonds is 6. The lowest BCUT2D eigenvalue weighted by Gasteiger charge is -2.01. The first-order valence-corrected chi connectivity index (χ1v) is 5.55. The van der Waals surface area contributed by atoms with Crippen LogP contribution in [0.4, 0.5) is 5.95 Å². The fourth-order valence-corrected chi connectivity index (χ4v) is 1.46. The van der Waals surface area contributed by atoms with Crippen LogP contribution in [0.5, 0.6) is 0 Å². The van der Waals surface area contributed by atoms with E-state index in [0.717, 1.165) is 11.2 Å². The highest BCUT2D eigenvalue weighted by molar-refractivity contribution is 5.43. The zero-order valence-corrected chi connectivity index (χ0v) is 9.89. The van der Waals surface area contributed by atoms with E-state index in [1.807, 2.05) is 25.3 Å². The molecule has 2 heterocycles. The minimum absolute atomic E-state index is 0.569. The van der Waals surface area contributed by atoms with Crippen LogP contribution in [0.25, 0.3) is 5.65 Å². The molecule has 0 aliphatic carbocycles. The number of fused-ring (bicyclic) bond motifs is 1. The molecule has 0 radical (unpaired) electrons. The molecule has 0 atom stereocenters. The van der Waals surface area contributed by atoms with Crippen LogP contribution in [0, 0.1) is 6.92 Å². The van der Waals surface area contributed by atoms with Crippen LogP contribution < -0.4 is 5.32 Å². The summed E-state index contributed by atoms with van der Waals surface area (Å²) in [6.07, 6.45) is 3.67. The van der Waals surface area contributed by atoms with Crippen molar-refractivity contribution in [2.75, 3.05) is 25.1 Å². The zero-order chi connectivity index (χ0) is 12.1. The Balaban J connectivity index is 1.93. The van der Waals surface area contributed by atoms with E-state index < -0.39 is 0 Å². The van der Waals surface area contributed by atoms with E-state index >= 15 is 0 Å². The van der Waals surface area contributed by atoms with Crippen LogP contribution in [0.2, 0.25) is 0 Å². The van der Waals surface area contributed by atoms with Gasteiger partial charge in [-0.15, -0.1) is 11.7 Å². The Bertz CT molecular complexity index is 506. The van der Waals surface area contributed by atoms with Crippen molar-refractivity contribution in [3.8, 4) is 0 Å². The largest absolute Gasteiger partial charge is 0.376 e. The fourth-order valence-electron chi connectivity index (χ4n) is 1.46. The average molecular weight is 232 g/mol. The second kappa shape index (κ2) is 5.45. The maximum absolute atomic E-state index is 5.25. The number of aryl methyl sites for hydroxylation is 1. The zero-order valence-electron chi connectivity index (χ0n) is 9.89. The highest BCUT2D eigenvalue weighted by atomic mass is 16.5. The van der Waals surface area contributed by atoms with E-state index in [4.69, 9.17) is 4.74 Å². The molecule has 1 N–H and O–H groups in total. The Morgan fingerprint density at radius 1 is 1.53 bits per heavy atom. The van der Waals surface area contributed by atoms with Gasteiger partial charge in [-0.1, -0.05) is 12.1 Å². The van der Waals surface area contributed by atoms with Crippen LogP contribution >= 0.6 is 0 Å². The summed E-state index contributed by atoms with van der Waals surface area (Å²) in [5.74, 6) is 0.623. The first kappa shape index (κ1) is 11.6. The molecule has 0 amide bonds. The first-order chi connectivity index (χ1) is 8.29. The third-order valence-corrected chi connectivity index (χ3v) is 2.24. The Hall–Kier alpha value is -1.88. The Kier molecular flexibility index (Phi) is 3.72.